The molecule has 3 aliphatic rings. The van der Waals surface area contributed by atoms with Gasteiger partial charge in [0.05, 0.1) is 0 Å². The first-order valence-corrected chi connectivity index (χ1v) is 4.91. The van der Waals surface area contributed by atoms with Crippen LogP contribution >= 0.6 is 0 Å². The normalized spacial score (nSPS) is 49.6. The molecule has 3 fully saturated rings. The molecule has 3 atom stereocenters. The van der Waals surface area contributed by atoms with Crippen LogP contribution in [0.25, 0.3) is 0 Å². The molecule has 3 rings (SSSR count). The minimum Gasteiger partial charge on any atom is -0.315 e. The Labute approximate surface area is 68.0 Å². The largest absolute Gasteiger partial charge is 0.315 e. The van der Waals surface area contributed by atoms with Crippen LogP contribution in [0.2, 0.25) is 0 Å². The van der Waals surface area contributed by atoms with E-state index in [9.17, 15) is 0 Å². The van der Waals surface area contributed by atoms with E-state index in [1.165, 1.54) is 38.9 Å². The fourth-order valence-electron chi connectivity index (χ4n) is 3.24. The Morgan fingerprint density at radius 2 is 2.27 bits per heavy atom. The molecule has 1 unspecified atom stereocenters. The molecule has 3 aliphatic heterocycles. The number of hydrogen-bond acceptors (Lipinski definition) is 2. The van der Waals surface area contributed by atoms with Crippen LogP contribution < -0.4 is 5.32 Å². The monoisotopic (exact) mass is 152 g/mol. The molecule has 2 nitrogen and oxygen atoms in total. The van der Waals surface area contributed by atoms with Crippen LogP contribution in [0.4, 0.5) is 0 Å². The maximum absolute atomic E-state index is 3.50. The molecule has 62 valence electrons. The smallest absolute Gasteiger partial charge is 0.0264 e. The minimum absolute atomic E-state index is 0.919. The molecule has 0 radical (unpaired) electrons. The Kier molecular flexibility index (Phi) is 1.29. The van der Waals surface area contributed by atoms with Crippen molar-refractivity contribution in [2.45, 2.75) is 31.3 Å². The van der Waals surface area contributed by atoms with E-state index in [0.29, 0.717) is 0 Å². The van der Waals surface area contributed by atoms with Crippen molar-refractivity contribution in [2.75, 3.05) is 19.6 Å². The first-order chi connectivity index (χ1) is 5.45. The molecule has 0 aromatic carbocycles. The fourth-order valence-corrected chi connectivity index (χ4v) is 3.24. The van der Waals surface area contributed by atoms with Crippen LogP contribution in [0.15, 0.2) is 0 Å². The molecule has 2 heteroatoms. The maximum atomic E-state index is 3.50. The highest BCUT2D eigenvalue weighted by Crippen LogP contribution is 2.37. The van der Waals surface area contributed by atoms with Crippen molar-refractivity contribution in [1.29, 1.82) is 0 Å². The molecule has 0 amide bonds. The third-order valence-electron chi connectivity index (χ3n) is 3.73. The van der Waals surface area contributed by atoms with Gasteiger partial charge < -0.3 is 5.32 Å². The third kappa shape index (κ3) is 0.798. The summed E-state index contributed by atoms with van der Waals surface area (Å²) < 4.78 is 0. The molecule has 0 aromatic rings. The van der Waals surface area contributed by atoms with Gasteiger partial charge in [0.2, 0.25) is 0 Å². The van der Waals surface area contributed by atoms with Crippen LogP contribution in [0.1, 0.15) is 19.3 Å². The lowest BCUT2D eigenvalue weighted by Gasteiger charge is -2.21. The van der Waals surface area contributed by atoms with Crippen LogP contribution in [-0.4, -0.2) is 36.6 Å². The van der Waals surface area contributed by atoms with E-state index in [0.717, 1.165) is 18.0 Å². The Hall–Kier alpha value is -0.0800. The van der Waals surface area contributed by atoms with Crippen molar-refractivity contribution in [3.05, 3.63) is 0 Å². The van der Waals surface area contributed by atoms with Gasteiger partial charge in [0, 0.05) is 18.6 Å². The summed E-state index contributed by atoms with van der Waals surface area (Å²) in [7, 11) is 0. The van der Waals surface area contributed by atoms with Gasteiger partial charge in [-0.2, -0.15) is 0 Å². The van der Waals surface area contributed by atoms with Crippen molar-refractivity contribution in [3.63, 3.8) is 0 Å². The van der Waals surface area contributed by atoms with Crippen LogP contribution in [0.5, 0.6) is 0 Å². The number of hydrogen-bond donors (Lipinski definition) is 1. The van der Waals surface area contributed by atoms with Crippen molar-refractivity contribution < 1.29 is 0 Å². The molecule has 0 aliphatic carbocycles. The summed E-state index contributed by atoms with van der Waals surface area (Å²) in [5.41, 5.74) is 0. The standard InChI is InChI=1S/C9H16N2/c1-2-8-4-7-5-10-6-9(7)11(8)3-1/h7-10H,1-6H2/t7-,8?,9+/m1/s1. The summed E-state index contributed by atoms with van der Waals surface area (Å²) in [5, 5.41) is 3.50. The first-order valence-electron chi connectivity index (χ1n) is 4.91. The van der Waals surface area contributed by atoms with E-state index in [1.54, 1.807) is 0 Å². The molecule has 0 aromatic heterocycles. The van der Waals surface area contributed by atoms with Crippen LogP contribution in [0.3, 0.4) is 0 Å². The highest BCUT2D eigenvalue weighted by Gasteiger charge is 2.44. The molecule has 1 N–H and O–H groups in total. The molecule has 0 spiro atoms. The fraction of sp³-hybridized carbons (Fsp3) is 1.00. The van der Waals surface area contributed by atoms with Gasteiger partial charge in [0.25, 0.3) is 0 Å². The number of nitrogens with one attached hydrogen (secondary N) is 1. The van der Waals surface area contributed by atoms with Gasteiger partial charge in [-0.05, 0) is 38.3 Å². The van der Waals surface area contributed by atoms with Gasteiger partial charge in [-0.1, -0.05) is 0 Å². The SMILES string of the molecule is C1CC2C[C@@H]3CNC[C@@H]3N2C1. The van der Waals surface area contributed by atoms with E-state index in [4.69, 9.17) is 0 Å². The summed E-state index contributed by atoms with van der Waals surface area (Å²) >= 11 is 0. The lowest BCUT2D eigenvalue weighted by molar-refractivity contribution is 0.246. The second-order valence-corrected chi connectivity index (χ2v) is 4.26. The lowest BCUT2D eigenvalue weighted by Crippen LogP contribution is -2.35. The van der Waals surface area contributed by atoms with Crippen LogP contribution in [0, 0.1) is 5.92 Å². The predicted octanol–water partition coefficient (Wildman–Crippen LogP) is 0.442. The summed E-state index contributed by atoms with van der Waals surface area (Å²) in [6.07, 6.45) is 4.42. The van der Waals surface area contributed by atoms with E-state index in [2.05, 4.69) is 10.2 Å². The Morgan fingerprint density at radius 3 is 3.27 bits per heavy atom. The van der Waals surface area contributed by atoms with E-state index in [1.807, 2.05) is 0 Å². The average molecular weight is 152 g/mol. The van der Waals surface area contributed by atoms with Gasteiger partial charge in [-0.3, -0.25) is 4.90 Å². The number of rotatable bonds is 0. The highest BCUT2D eigenvalue weighted by atomic mass is 15.3. The zero-order valence-corrected chi connectivity index (χ0v) is 6.92. The molecular formula is C9H16N2. The summed E-state index contributed by atoms with van der Waals surface area (Å²) in [6.45, 7) is 3.94. The second kappa shape index (κ2) is 2.20. The van der Waals surface area contributed by atoms with Crippen LogP contribution in [-0.2, 0) is 0 Å². The maximum Gasteiger partial charge on any atom is 0.0264 e. The van der Waals surface area contributed by atoms with Gasteiger partial charge >= 0.3 is 0 Å². The minimum atomic E-state index is 0.919. The van der Waals surface area contributed by atoms with Gasteiger partial charge in [-0.15, -0.1) is 0 Å². The van der Waals surface area contributed by atoms with Gasteiger partial charge in [0.15, 0.2) is 0 Å². The van der Waals surface area contributed by atoms with E-state index >= 15 is 0 Å². The van der Waals surface area contributed by atoms with Crippen molar-refractivity contribution in [2.24, 2.45) is 5.92 Å². The van der Waals surface area contributed by atoms with Gasteiger partial charge in [0.1, 0.15) is 0 Å². The zero-order chi connectivity index (χ0) is 7.26. The van der Waals surface area contributed by atoms with Crippen molar-refractivity contribution in [3.8, 4) is 0 Å². The highest BCUT2D eigenvalue weighted by molar-refractivity contribution is 5.01. The second-order valence-electron chi connectivity index (χ2n) is 4.26. The Morgan fingerprint density at radius 1 is 1.27 bits per heavy atom. The quantitative estimate of drug-likeness (QED) is 0.542. The zero-order valence-electron chi connectivity index (χ0n) is 6.92. The third-order valence-corrected chi connectivity index (χ3v) is 3.73. The summed E-state index contributed by atoms with van der Waals surface area (Å²) in [5.74, 6) is 1.00. The molecule has 3 heterocycles. The van der Waals surface area contributed by atoms with E-state index < -0.39 is 0 Å². The molecule has 11 heavy (non-hydrogen) atoms. The first kappa shape index (κ1) is 6.44. The summed E-state index contributed by atoms with van der Waals surface area (Å²) in [4.78, 5) is 2.75. The van der Waals surface area contributed by atoms with E-state index in [-0.39, 0.29) is 0 Å². The van der Waals surface area contributed by atoms with Crippen molar-refractivity contribution in [1.82, 2.24) is 10.2 Å². The van der Waals surface area contributed by atoms with Gasteiger partial charge in [-0.25, -0.2) is 0 Å². The Balaban J connectivity index is 1.84. The number of nitrogens with zero attached hydrogens (tertiary/aromatic N) is 1. The molecule has 0 bridgehead atoms. The predicted molar refractivity (Wildman–Crippen MR) is 44.5 cm³/mol. The Bertz CT molecular complexity index is 151. The lowest BCUT2D eigenvalue weighted by atomic mass is 10.0. The molecule has 3 saturated heterocycles. The summed E-state index contributed by atoms with van der Waals surface area (Å²) in [6, 6.07) is 1.90. The van der Waals surface area contributed by atoms with Crippen molar-refractivity contribution >= 4 is 0 Å². The molecular weight excluding hydrogens is 136 g/mol. The molecule has 0 saturated carbocycles. The number of fused-ring (bicyclic) bond motifs is 3. The topological polar surface area (TPSA) is 15.3 Å². The average Bonchev–Trinajstić information content (AvgIpc) is 2.52.